The molecule has 2 heterocycles. The Hall–Kier alpha value is -2.43. The van der Waals surface area contributed by atoms with Crippen LogP contribution in [0.5, 0.6) is 0 Å². The molecule has 0 aliphatic carbocycles. The van der Waals surface area contributed by atoms with Gasteiger partial charge >= 0.3 is 0 Å². The van der Waals surface area contributed by atoms with Gasteiger partial charge in [0.25, 0.3) is 5.91 Å². The molecule has 17 heavy (non-hydrogen) atoms. The van der Waals surface area contributed by atoms with Crippen LogP contribution in [-0.2, 0) is 6.54 Å². The Kier molecular flexibility index (Phi) is 3.30. The maximum Gasteiger partial charge on any atom is 0.255 e. The molecule has 0 saturated carbocycles. The Labute approximate surface area is 98.7 Å². The van der Waals surface area contributed by atoms with Crippen LogP contribution in [0.3, 0.4) is 0 Å². The Balaban J connectivity index is 2.01. The maximum atomic E-state index is 11.8. The highest BCUT2D eigenvalue weighted by molar-refractivity contribution is 5.98. The minimum absolute atomic E-state index is 0.249. The fourth-order valence-electron chi connectivity index (χ4n) is 1.36. The van der Waals surface area contributed by atoms with Crippen molar-refractivity contribution in [3.63, 3.8) is 0 Å². The van der Waals surface area contributed by atoms with Crippen LogP contribution in [0.25, 0.3) is 0 Å². The van der Waals surface area contributed by atoms with Crippen LogP contribution < -0.4 is 11.1 Å². The molecular formula is C12H12N4O. The van der Waals surface area contributed by atoms with Crippen LogP contribution in [0.4, 0.5) is 5.69 Å². The van der Waals surface area contributed by atoms with Crippen LogP contribution >= 0.6 is 0 Å². The summed E-state index contributed by atoms with van der Waals surface area (Å²) in [6.45, 7) is 0.369. The lowest BCUT2D eigenvalue weighted by atomic mass is 10.2. The Morgan fingerprint density at radius 2 is 2.18 bits per heavy atom. The molecule has 0 atom stereocenters. The normalized spacial score (nSPS) is 9.88. The monoisotopic (exact) mass is 228 g/mol. The minimum atomic E-state index is -0.249. The van der Waals surface area contributed by atoms with Crippen molar-refractivity contribution >= 4 is 11.6 Å². The Bertz CT molecular complexity index is 513. The van der Waals surface area contributed by atoms with Gasteiger partial charge in [0.15, 0.2) is 0 Å². The van der Waals surface area contributed by atoms with Crippen LogP contribution in [0.1, 0.15) is 16.1 Å². The number of hydrogen-bond donors (Lipinski definition) is 2. The van der Waals surface area contributed by atoms with E-state index < -0.39 is 0 Å². The van der Waals surface area contributed by atoms with Gasteiger partial charge in [-0.3, -0.25) is 14.8 Å². The molecule has 0 spiro atoms. The first kappa shape index (κ1) is 11.1. The van der Waals surface area contributed by atoms with Gasteiger partial charge in [0, 0.05) is 24.3 Å². The highest BCUT2D eigenvalue weighted by Crippen LogP contribution is 2.08. The molecule has 0 aliphatic heterocycles. The Morgan fingerprint density at radius 1 is 1.29 bits per heavy atom. The van der Waals surface area contributed by atoms with Crippen LogP contribution in [-0.4, -0.2) is 15.9 Å². The predicted molar refractivity (Wildman–Crippen MR) is 64.1 cm³/mol. The van der Waals surface area contributed by atoms with Crippen molar-refractivity contribution in [2.24, 2.45) is 0 Å². The highest BCUT2D eigenvalue weighted by atomic mass is 16.1. The minimum Gasteiger partial charge on any atom is -0.398 e. The van der Waals surface area contributed by atoms with E-state index in [2.05, 4.69) is 15.3 Å². The lowest BCUT2D eigenvalue weighted by molar-refractivity contribution is 0.0951. The number of amides is 1. The summed E-state index contributed by atoms with van der Waals surface area (Å²) in [4.78, 5) is 19.8. The lowest BCUT2D eigenvalue weighted by Gasteiger charge is -2.06. The number of aromatic nitrogens is 2. The van der Waals surface area contributed by atoms with Crippen LogP contribution in [0.2, 0.25) is 0 Å². The number of nitrogens with one attached hydrogen (secondary N) is 1. The van der Waals surface area contributed by atoms with E-state index in [1.165, 1.54) is 6.20 Å². The molecule has 2 aromatic rings. The van der Waals surface area contributed by atoms with Crippen LogP contribution in [0, 0.1) is 0 Å². The van der Waals surface area contributed by atoms with Crippen molar-refractivity contribution in [2.75, 3.05) is 5.73 Å². The zero-order valence-corrected chi connectivity index (χ0v) is 9.13. The number of pyridine rings is 2. The highest BCUT2D eigenvalue weighted by Gasteiger charge is 2.08. The second kappa shape index (κ2) is 5.07. The number of nitrogen functional groups attached to an aromatic ring is 1. The van der Waals surface area contributed by atoms with Gasteiger partial charge in [-0.25, -0.2) is 0 Å². The van der Waals surface area contributed by atoms with Crippen molar-refractivity contribution < 1.29 is 4.79 Å². The van der Waals surface area contributed by atoms with Gasteiger partial charge < -0.3 is 11.1 Å². The van der Waals surface area contributed by atoms with Gasteiger partial charge in [-0.05, 0) is 18.2 Å². The van der Waals surface area contributed by atoms with E-state index in [4.69, 9.17) is 5.73 Å². The summed E-state index contributed by atoms with van der Waals surface area (Å²) in [7, 11) is 0. The summed E-state index contributed by atoms with van der Waals surface area (Å²) >= 11 is 0. The number of hydrogen-bond acceptors (Lipinski definition) is 4. The summed E-state index contributed by atoms with van der Waals surface area (Å²) in [6.07, 6.45) is 4.67. The summed E-state index contributed by atoms with van der Waals surface area (Å²) in [5, 5.41) is 2.73. The summed E-state index contributed by atoms with van der Waals surface area (Å²) < 4.78 is 0. The number of carbonyl (C=O) groups excluding carboxylic acids is 1. The first-order chi connectivity index (χ1) is 8.27. The number of anilines is 1. The Morgan fingerprint density at radius 3 is 2.88 bits per heavy atom. The molecule has 86 valence electrons. The molecule has 0 saturated heterocycles. The second-order valence-electron chi connectivity index (χ2n) is 3.47. The molecule has 0 radical (unpaired) electrons. The molecule has 1 amide bonds. The summed E-state index contributed by atoms with van der Waals surface area (Å²) in [6, 6.07) is 7.12. The van der Waals surface area contributed by atoms with Gasteiger partial charge in [-0.1, -0.05) is 6.07 Å². The molecule has 5 nitrogen and oxygen atoms in total. The topological polar surface area (TPSA) is 80.9 Å². The lowest BCUT2D eigenvalue weighted by Crippen LogP contribution is -2.24. The second-order valence-corrected chi connectivity index (χ2v) is 3.47. The molecule has 0 fully saturated rings. The van der Waals surface area contributed by atoms with Gasteiger partial charge in [0.2, 0.25) is 0 Å². The van der Waals surface area contributed by atoms with Crippen molar-refractivity contribution in [2.45, 2.75) is 6.54 Å². The first-order valence-corrected chi connectivity index (χ1v) is 5.15. The maximum absolute atomic E-state index is 11.8. The van der Waals surface area contributed by atoms with E-state index in [0.29, 0.717) is 17.8 Å². The zero-order chi connectivity index (χ0) is 12.1. The van der Waals surface area contributed by atoms with Crippen molar-refractivity contribution in [3.05, 3.63) is 54.1 Å². The standard InChI is InChI=1S/C12H12N4O/c13-11-4-6-14-8-10(11)12(17)16-7-9-3-1-2-5-15-9/h1-6,8H,7H2,(H2,13,14)(H,16,17). The van der Waals surface area contributed by atoms with E-state index in [9.17, 15) is 4.79 Å². The SMILES string of the molecule is Nc1ccncc1C(=O)NCc1ccccn1. The van der Waals surface area contributed by atoms with E-state index in [0.717, 1.165) is 5.69 Å². The average Bonchev–Trinajstić information content (AvgIpc) is 2.38. The molecule has 0 bridgehead atoms. The summed E-state index contributed by atoms with van der Waals surface area (Å²) in [5.74, 6) is -0.249. The van der Waals surface area contributed by atoms with Gasteiger partial charge in [0.1, 0.15) is 0 Å². The van der Waals surface area contributed by atoms with Gasteiger partial charge in [0.05, 0.1) is 17.8 Å². The molecular weight excluding hydrogens is 216 g/mol. The molecule has 5 heteroatoms. The predicted octanol–water partition coefficient (Wildman–Crippen LogP) is 0.989. The average molecular weight is 228 g/mol. The fraction of sp³-hybridized carbons (Fsp3) is 0.0833. The van der Waals surface area contributed by atoms with Crippen LogP contribution in [0.15, 0.2) is 42.9 Å². The van der Waals surface area contributed by atoms with Crippen molar-refractivity contribution in [3.8, 4) is 0 Å². The first-order valence-electron chi connectivity index (χ1n) is 5.15. The third-order valence-electron chi connectivity index (χ3n) is 2.26. The number of carbonyl (C=O) groups is 1. The van der Waals surface area contributed by atoms with E-state index in [1.54, 1.807) is 18.5 Å². The van der Waals surface area contributed by atoms with E-state index in [-0.39, 0.29) is 5.91 Å². The third-order valence-corrected chi connectivity index (χ3v) is 2.26. The molecule has 2 rings (SSSR count). The van der Waals surface area contributed by atoms with E-state index >= 15 is 0 Å². The molecule has 0 aromatic carbocycles. The fourth-order valence-corrected chi connectivity index (χ4v) is 1.36. The summed E-state index contributed by atoms with van der Waals surface area (Å²) in [5.41, 5.74) is 7.26. The third kappa shape index (κ3) is 2.78. The molecule has 2 aromatic heterocycles. The molecule has 0 unspecified atom stereocenters. The van der Waals surface area contributed by atoms with Gasteiger partial charge in [-0.15, -0.1) is 0 Å². The van der Waals surface area contributed by atoms with Crippen molar-refractivity contribution in [1.29, 1.82) is 0 Å². The molecule has 0 aliphatic rings. The van der Waals surface area contributed by atoms with Crippen molar-refractivity contribution in [1.82, 2.24) is 15.3 Å². The molecule has 3 N–H and O–H groups in total. The largest absolute Gasteiger partial charge is 0.398 e. The quantitative estimate of drug-likeness (QED) is 0.820. The smallest absolute Gasteiger partial charge is 0.255 e. The van der Waals surface area contributed by atoms with Gasteiger partial charge in [-0.2, -0.15) is 0 Å². The number of nitrogens with zero attached hydrogens (tertiary/aromatic N) is 2. The zero-order valence-electron chi connectivity index (χ0n) is 9.13. The van der Waals surface area contributed by atoms with E-state index in [1.807, 2.05) is 18.2 Å². The number of nitrogens with two attached hydrogens (primary N) is 1. The number of rotatable bonds is 3.